The second kappa shape index (κ2) is 10.7. The van der Waals surface area contributed by atoms with Crippen molar-refractivity contribution < 1.29 is 26.7 Å². The number of amidine groups is 1. The number of ether oxygens (including phenoxy) is 1. The molecule has 0 bridgehead atoms. The van der Waals surface area contributed by atoms with E-state index >= 15 is 4.39 Å². The van der Waals surface area contributed by atoms with Crippen LogP contribution in [0.15, 0.2) is 58.6 Å². The molecule has 0 spiro atoms. The van der Waals surface area contributed by atoms with E-state index in [1.54, 1.807) is 25.1 Å². The molecule has 1 fully saturated rings. The van der Waals surface area contributed by atoms with Crippen molar-refractivity contribution in [2.45, 2.75) is 26.4 Å². The van der Waals surface area contributed by atoms with Crippen molar-refractivity contribution in [3.63, 3.8) is 0 Å². The van der Waals surface area contributed by atoms with Crippen molar-refractivity contribution >= 4 is 29.2 Å². The van der Waals surface area contributed by atoms with Gasteiger partial charge in [0.2, 0.25) is 0 Å². The van der Waals surface area contributed by atoms with Gasteiger partial charge < -0.3 is 19.9 Å². The number of aromatic nitrogens is 2. The number of benzene rings is 2. The summed E-state index contributed by atoms with van der Waals surface area (Å²) in [6, 6.07) is 7.76. The molecule has 7 nitrogen and oxygen atoms in total. The highest BCUT2D eigenvalue weighted by Crippen LogP contribution is 2.37. The van der Waals surface area contributed by atoms with Gasteiger partial charge in [-0.15, -0.1) is 0 Å². The molecule has 1 aromatic heterocycles. The van der Waals surface area contributed by atoms with E-state index in [4.69, 9.17) is 4.74 Å². The number of hydrogen-bond acceptors (Lipinski definition) is 7. The number of rotatable bonds is 5. The van der Waals surface area contributed by atoms with E-state index in [0.717, 1.165) is 29.3 Å². The Balaban J connectivity index is 1.26. The quantitative estimate of drug-likeness (QED) is 0.341. The van der Waals surface area contributed by atoms with Crippen LogP contribution in [0.3, 0.4) is 0 Å². The Morgan fingerprint density at radius 1 is 0.905 bits per heavy atom. The minimum atomic E-state index is -4.42. The van der Waals surface area contributed by atoms with Gasteiger partial charge in [-0.3, -0.25) is 4.99 Å². The SMILES string of the molecule is CC1=CC(Nc2cc(N3CCN(c4cccc(C(F)(F)F)c4)CC3)nc(Oc3cc(F)c4c(c3F)C=C(C)C4)n2)=NC1. The van der Waals surface area contributed by atoms with Gasteiger partial charge in [-0.1, -0.05) is 17.7 Å². The van der Waals surface area contributed by atoms with Crippen LogP contribution in [0.5, 0.6) is 11.8 Å². The van der Waals surface area contributed by atoms with E-state index in [-0.39, 0.29) is 22.9 Å². The first-order valence-corrected chi connectivity index (χ1v) is 13.4. The maximum absolute atomic E-state index is 15.3. The third-order valence-electron chi connectivity index (χ3n) is 7.34. The van der Waals surface area contributed by atoms with Crippen LogP contribution in [0.4, 0.5) is 39.3 Å². The van der Waals surface area contributed by atoms with Gasteiger partial charge in [0.25, 0.3) is 0 Å². The van der Waals surface area contributed by atoms with Gasteiger partial charge >= 0.3 is 12.2 Å². The summed E-state index contributed by atoms with van der Waals surface area (Å²) in [6.07, 6.45) is -0.617. The van der Waals surface area contributed by atoms with Crippen LogP contribution in [-0.4, -0.2) is 48.5 Å². The van der Waals surface area contributed by atoms with E-state index < -0.39 is 23.4 Å². The Hall–Kier alpha value is -4.48. The fourth-order valence-corrected chi connectivity index (χ4v) is 5.24. The third kappa shape index (κ3) is 5.65. The van der Waals surface area contributed by atoms with Crippen LogP contribution in [0.25, 0.3) is 6.08 Å². The fraction of sp³-hybridized carbons (Fsp3) is 0.300. The molecule has 3 aromatic rings. The van der Waals surface area contributed by atoms with E-state index in [1.165, 1.54) is 6.07 Å². The number of anilines is 3. The highest BCUT2D eigenvalue weighted by molar-refractivity contribution is 6.05. The van der Waals surface area contributed by atoms with Gasteiger partial charge in [0.05, 0.1) is 12.1 Å². The predicted octanol–water partition coefficient (Wildman–Crippen LogP) is 6.62. The fourth-order valence-electron chi connectivity index (χ4n) is 5.24. The molecule has 1 N–H and O–H groups in total. The van der Waals surface area contributed by atoms with Crippen LogP contribution < -0.4 is 19.9 Å². The van der Waals surface area contributed by atoms with Gasteiger partial charge in [0.15, 0.2) is 11.6 Å². The lowest BCUT2D eigenvalue weighted by Gasteiger charge is -2.37. The molecular formula is C30H27F5N6O. The molecule has 42 heavy (non-hydrogen) atoms. The Kier molecular flexibility index (Phi) is 7.07. The second-order valence-corrected chi connectivity index (χ2v) is 10.6. The van der Waals surface area contributed by atoms with Gasteiger partial charge in [-0.2, -0.15) is 23.1 Å². The number of nitrogens with zero attached hydrogens (tertiary/aromatic N) is 5. The van der Waals surface area contributed by atoms with Crippen LogP contribution >= 0.6 is 0 Å². The molecule has 0 radical (unpaired) electrons. The normalized spacial score (nSPS) is 16.7. The number of halogens is 5. The molecular weight excluding hydrogens is 555 g/mol. The van der Waals surface area contributed by atoms with Crippen LogP contribution in [0.2, 0.25) is 0 Å². The molecule has 6 rings (SSSR count). The molecule has 1 saturated heterocycles. The van der Waals surface area contributed by atoms with Crippen molar-refractivity contribution in [1.82, 2.24) is 9.97 Å². The second-order valence-electron chi connectivity index (χ2n) is 10.6. The number of nitrogens with one attached hydrogen (secondary N) is 1. The van der Waals surface area contributed by atoms with E-state index in [2.05, 4.69) is 20.3 Å². The number of fused-ring (bicyclic) bond motifs is 1. The first-order chi connectivity index (χ1) is 20.0. The van der Waals surface area contributed by atoms with Crippen molar-refractivity contribution in [3.05, 3.63) is 81.9 Å². The lowest BCUT2D eigenvalue weighted by Crippen LogP contribution is -2.47. The third-order valence-corrected chi connectivity index (χ3v) is 7.34. The highest BCUT2D eigenvalue weighted by Gasteiger charge is 2.31. The van der Waals surface area contributed by atoms with Gasteiger partial charge in [-0.25, -0.2) is 8.78 Å². The monoisotopic (exact) mass is 582 g/mol. The first kappa shape index (κ1) is 27.7. The molecule has 0 unspecified atom stereocenters. The Morgan fingerprint density at radius 2 is 1.67 bits per heavy atom. The standard InChI is InChI=1S/C30H27F5N6O/c1-17-10-21-22(11-17)28(32)24(14-23(21)31)42-29-38-26(37-25-12-18(2)16-36-25)15-27(39-29)41-8-6-40(7-9-41)20-5-3-4-19(13-20)30(33,34)35/h3-5,11-15H,6-10,16H2,1-2H3,(H,36,37,38,39). The van der Waals surface area contributed by atoms with Crippen molar-refractivity contribution in [1.29, 1.82) is 0 Å². The van der Waals surface area contributed by atoms with Crippen LogP contribution in [0, 0.1) is 11.6 Å². The summed E-state index contributed by atoms with van der Waals surface area (Å²) in [4.78, 5) is 17.1. The maximum Gasteiger partial charge on any atom is 0.416 e. The summed E-state index contributed by atoms with van der Waals surface area (Å²) >= 11 is 0. The molecule has 0 atom stereocenters. The molecule has 1 aliphatic carbocycles. The Labute approximate surface area is 239 Å². The summed E-state index contributed by atoms with van der Waals surface area (Å²) in [6.45, 7) is 6.07. The lowest BCUT2D eigenvalue weighted by atomic mass is 10.1. The van der Waals surface area contributed by atoms with Gasteiger partial charge in [-0.05, 0) is 50.1 Å². The summed E-state index contributed by atoms with van der Waals surface area (Å²) in [5, 5.41) is 3.13. The van der Waals surface area contributed by atoms with Crippen molar-refractivity contribution in [2.24, 2.45) is 4.99 Å². The smallest absolute Gasteiger partial charge is 0.416 e. The predicted molar refractivity (Wildman–Crippen MR) is 151 cm³/mol. The minimum Gasteiger partial charge on any atom is -0.421 e. The molecule has 0 saturated carbocycles. The number of alkyl halides is 3. The highest BCUT2D eigenvalue weighted by atomic mass is 19.4. The summed E-state index contributed by atoms with van der Waals surface area (Å²) in [5.74, 6) is -0.201. The number of hydrogen-bond donors (Lipinski definition) is 1. The van der Waals surface area contributed by atoms with Crippen molar-refractivity contribution in [3.8, 4) is 11.8 Å². The zero-order valence-electron chi connectivity index (χ0n) is 22.9. The zero-order chi connectivity index (χ0) is 29.6. The molecule has 3 aliphatic rings. The summed E-state index contributed by atoms with van der Waals surface area (Å²) in [7, 11) is 0. The van der Waals surface area contributed by atoms with E-state index in [0.29, 0.717) is 62.3 Å². The topological polar surface area (TPSA) is 65.9 Å². The van der Waals surface area contributed by atoms with Crippen LogP contribution in [0.1, 0.15) is 30.5 Å². The molecule has 218 valence electrons. The number of allylic oxidation sites excluding steroid dienone is 1. The van der Waals surface area contributed by atoms with Crippen molar-refractivity contribution in [2.75, 3.05) is 47.8 Å². The summed E-state index contributed by atoms with van der Waals surface area (Å²) in [5.41, 5.74) is 2.13. The number of piperazine rings is 1. The van der Waals surface area contributed by atoms with Gasteiger partial charge in [0, 0.05) is 55.1 Å². The molecule has 2 aromatic carbocycles. The van der Waals surface area contributed by atoms with Crippen LogP contribution in [-0.2, 0) is 12.6 Å². The Morgan fingerprint density at radius 3 is 2.38 bits per heavy atom. The average Bonchev–Trinajstić information content (AvgIpc) is 3.56. The number of aliphatic imine (C=N–C) groups is 1. The largest absolute Gasteiger partial charge is 0.421 e. The maximum atomic E-state index is 15.3. The van der Waals surface area contributed by atoms with Gasteiger partial charge in [0.1, 0.15) is 23.3 Å². The summed E-state index contributed by atoms with van der Waals surface area (Å²) < 4.78 is 75.6. The van der Waals surface area contributed by atoms with E-state index in [1.807, 2.05) is 22.8 Å². The van der Waals surface area contributed by atoms with E-state index in [9.17, 15) is 17.6 Å². The zero-order valence-corrected chi connectivity index (χ0v) is 22.9. The lowest BCUT2D eigenvalue weighted by molar-refractivity contribution is -0.137. The first-order valence-electron chi connectivity index (χ1n) is 13.4. The molecule has 3 heterocycles. The minimum absolute atomic E-state index is 0.156. The molecule has 12 heteroatoms. The Bertz CT molecular complexity index is 1640. The molecule has 2 aliphatic heterocycles. The average molecular weight is 583 g/mol. The molecule has 0 amide bonds.